The molecule has 1 heterocycles. The molecule has 4 nitrogen and oxygen atoms in total. The Balaban J connectivity index is 2.64. The molecular weight excluding hydrogens is 180 g/mol. The van der Waals surface area contributed by atoms with Crippen LogP contribution >= 0.6 is 0 Å². The van der Waals surface area contributed by atoms with Gasteiger partial charge in [0.15, 0.2) is 0 Å². The van der Waals surface area contributed by atoms with Gasteiger partial charge in [0.05, 0.1) is 6.61 Å². The zero-order chi connectivity index (χ0) is 10.4. The van der Waals surface area contributed by atoms with Crippen LogP contribution in [-0.2, 0) is 4.74 Å². The van der Waals surface area contributed by atoms with Gasteiger partial charge in [-0.05, 0) is 13.0 Å². The van der Waals surface area contributed by atoms with Gasteiger partial charge in [0.2, 0.25) is 5.88 Å². The van der Waals surface area contributed by atoms with Crippen LogP contribution in [0.15, 0.2) is 18.3 Å². The molecule has 1 rings (SSSR count). The fourth-order valence-electron chi connectivity index (χ4n) is 1.09. The predicted molar refractivity (Wildman–Crippen MR) is 54.2 cm³/mol. The van der Waals surface area contributed by atoms with Crippen LogP contribution in [0.4, 0.5) is 0 Å². The van der Waals surface area contributed by atoms with E-state index in [0.29, 0.717) is 19.1 Å². The minimum absolute atomic E-state index is 0.0683. The second kappa shape index (κ2) is 5.57. The quantitative estimate of drug-likeness (QED) is 0.717. The molecule has 4 heteroatoms. The van der Waals surface area contributed by atoms with Crippen LogP contribution in [0.3, 0.4) is 0 Å². The van der Waals surface area contributed by atoms with Gasteiger partial charge in [0, 0.05) is 24.9 Å². The Morgan fingerprint density at radius 2 is 2.29 bits per heavy atom. The van der Waals surface area contributed by atoms with E-state index in [-0.39, 0.29) is 6.04 Å². The van der Waals surface area contributed by atoms with Gasteiger partial charge in [-0.1, -0.05) is 6.07 Å². The van der Waals surface area contributed by atoms with Crippen molar-refractivity contribution in [3.05, 3.63) is 23.9 Å². The first-order chi connectivity index (χ1) is 6.75. The Labute approximate surface area is 84.0 Å². The summed E-state index contributed by atoms with van der Waals surface area (Å²) in [5, 5.41) is 0. The van der Waals surface area contributed by atoms with Crippen LogP contribution in [-0.4, -0.2) is 25.3 Å². The van der Waals surface area contributed by atoms with Crippen molar-refractivity contribution in [1.29, 1.82) is 0 Å². The molecule has 0 radical (unpaired) electrons. The molecule has 0 bridgehead atoms. The molecule has 2 N–H and O–H groups in total. The van der Waals surface area contributed by atoms with E-state index >= 15 is 0 Å². The zero-order valence-electron chi connectivity index (χ0n) is 8.56. The van der Waals surface area contributed by atoms with Gasteiger partial charge in [-0.15, -0.1) is 0 Å². The molecule has 0 saturated heterocycles. The summed E-state index contributed by atoms with van der Waals surface area (Å²) in [7, 11) is 1.63. The van der Waals surface area contributed by atoms with E-state index in [0.717, 1.165) is 5.56 Å². The second-order valence-corrected chi connectivity index (χ2v) is 3.03. The van der Waals surface area contributed by atoms with Crippen LogP contribution in [0.25, 0.3) is 0 Å². The normalized spacial score (nSPS) is 12.5. The van der Waals surface area contributed by atoms with Gasteiger partial charge >= 0.3 is 0 Å². The van der Waals surface area contributed by atoms with Crippen LogP contribution in [0.5, 0.6) is 5.88 Å². The van der Waals surface area contributed by atoms with Crippen LogP contribution in [0, 0.1) is 0 Å². The first-order valence-electron chi connectivity index (χ1n) is 4.58. The molecule has 0 amide bonds. The van der Waals surface area contributed by atoms with E-state index in [1.54, 1.807) is 13.3 Å². The molecule has 0 aliphatic rings. The van der Waals surface area contributed by atoms with E-state index < -0.39 is 0 Å². The van der Waals surface area contributed by atoms with E-state index in [2.05, 4.69) is 4.98 Å². The maximum atomic E-state index is 5.77. The molecule has 1 atom stereocenters. The number of nitrogens with two attached hydrogens (primary N) is 1. The van der Waals surface area contributed by atoms with Crippen molar-refractivity contribution in [3.63, 3.8) is 0 Å². The molecule has 78 valence electrons. The van der Waals surface area contributed by atoms with E-state index in [4.69, 9.17) is 15.2 Å². The largest absolute Gasteiger partial charge is 0.475 e. The van der Waals surface area contributed by atoms with Crippen molar-refractivity contribution in [3.8, 4) is 5.88 Å². The molecule has 0 aliphatic heterocycles. The number of nitrogens with zero attached hydrogens (tertiary/aromatic N) is 1. The van der Waals surface area contributed by atoms with Crippen molar-refractivity contribution in [2.75, 3.05) is 20.3 Å². The topological polar surface area (TPSA) is 57.4 Å². The number of hydrogen-bond acceptors (Lipinski definition) is 4. The number of hydrogen-bond donors (Lipinski definition) is 1. The van der Waals surface area contributed by atoms with Crippen molar-refractivity contribution >= 4 is 0 Å². The maximum Gasteiger partial charge on any atom is 0.218 e. The van der Waals surface area contributed by atoms with Gasteiger partial charge in [0.25, 0.3) is 0 Å². The lowest BCUT2D eigenvalue weighted by Gasteiger charge is -2.11. The van der Waals surface area contributed by atoms with Crippen LogP contribution in [0.2, 0.25) is 0 Å². The number of ether oxygens (including phenoxy) is 2. The maximum absolute atomic E-state index is 5.77. The summed E-state index contributed by atoms with van der Waals surface area (Å²) < 4.78 is 10.3. The smallest absolute Gasteiger partial charge is 0.218 e. The predicted octanol–water partition coefficient (Wildman–Crippen LogP) is 1.13. The third kappa shape index (κ3) is 2.97. The molecule has 0 fully saturated rings. The lowest BCUT2D eigenvalue weighted by Crippen LogP contribution is -2.11. The minimum Gasteiger partial charge on any atom is -0.475 e. The monoisotopic (exact) mass is 196 g/mol. The van der Waals surface area contributed by atoms with Gasteiger partial charge in [-0.2, -0.15) is 0 Å². The van der Waals surface area contributed by atoms with E-state index in [9.17, 15) is 0 Å². The summed E-state index contributed by atoms with van der Waals surface area (Å²) in [4.78, 5) is 4.11. The van der Waals surface area contributed by atoms with Gasteiger partial charge in [-0.25, -0.2) is 4.98 Å². The molecule has 14 heavy (non-hydrogen) atoms. The Morgan fingerprint density at radius 1 is 1.50 bits per heavy atom. The van der Waals surface area contributed by atoms with Crippen LogP contribution < -0.4 is 10.5 Å². The summed E-state index contributed by atoms with van der Waals surface area (Å²) in [5.74, 6) is 0.597. The highest BCUT2D eigenvalue weighted by atomic mass is 16.5. The van der Waals surface area contributed by atoms with E-state index in [1.165, 1.54) is 0 Å². The molecule has 1 aromatic rings. The lowest BCUT2D eigenvalue weighted by atomic mass is 10.1. The number of aromatic nitrogens is 1. The molecule has 0 aliphatic carbocycles. The molecule has 0 aromatic carbocycles. The molecule has 1 unspecified atom stereocenters. The summed E-state index contributed by atoms with van der Waals surface area (Å²) in [6, 6.07) is 3.70. The first-order valence-corrected chi connectivity index (χ1v) is 4.58. The van der Waals surface area contributed by atoms with Gasteiger partial charge < -0.3 is 15.2 Å². The van der Waals surface area contributed by atoms with E-state index in [1.807, 2.05) is 19.1 Å². The Bertz CT molecular complexity index is 277. The van der Waals surface area contributed by atoms with Crippen LogP contribution in [0.1, 0.15) is 18.5 Å². The Morgan fingerprint density at radius 3 is 2.93 bits per heavy atom. The van der Waals surface area contributed by atoms with Gasteiger partial charge in [-0.3, -0.25) is 0 Å². The highest BCUT2D eigenvalue weighted by Gasteiger charge is 2.07. The Hall–Kier alpha value is -1.13. The lowest BCUT2D eigenvalue weighted by molar-refractivity contribution is 0.143. The van der Waals surface area contributed by atoms with Crippen molar-refractivity contribution in [1.82, 2.24) is 4.98 Å². The molecule has 0 spiro atoms. The minimum atomic E-state index is -0.0683. The van der Waals surface area contributed by atoms with Crippen molar-refractivity contribution < 1.29 is 9.47 Å². The summed E-state index contributed by atoms with van der Waals surface area (Å²) in [6.45, 7) is 2.95. The number of methoxy groups -OCH3 is 1. The average molecular weight is 196 g/mol. The summed E-state index contributed by atoms with van der Waals surface area (Å²) >= 11 is 0. The van der Waals surface area contributed by atoms with Gasteiger partial charge in [0.1, 0.15) is 6.61 Å². The highest BCUT2D eigenvalue weighted by Crippen LogP contribution is 2.19. The molecule has 0 saturated carbocycles. The number of pyridine rings is 1. The molecular formula is C10H16N2O2. The third-order valence-electron chi connectivity index (χ3n) is 1.82. The zero-order valence-corrected chi connectivity index (χ0v) is 8.56. The third-order valence-corrected chi connectivity index (χ3v) is 1.82. The number of rotatable bonds is 5. The first kappa shape index (κ1) is 10.9. The van der Waals surface area contributed by atoms with Crippen molar-refractivity contribution in [2.24, 2.45) is 5.73 Å². The molecule has 1 aromatic heterocycles. The van der Waals surface area contributed by atoms with Crippen molar-refractivity contribution in [2.45, 2.75) is 13.0 Å². The SMILES string of the molecule is COCCOc1ncccc1C(C)N. The highest BCUT2D eigenvalue weighted by molar-refractivity contribution is 5.27. The standard InChI is InChI=1S/C10H16N2O2/c1-8(11)9-4-3-5-12-10(9)14-7-6-13-2/h3-5,8H,6-7,11H2,1-2H3. The fourth-order valence-corrected chi connectivity index (χ4v) is 1.09. The average Bonchev–Trinajstić information content (AvgIpc) is 2.19. The Kier molecular flexibility index (Phi) is 4.35. The second-order valence-electron chi connectivity index (χ2n) is 3.03. The summed E-state index contributed by atoms with van der Waals surface area (Å²) in [6.07, 6.45) is 1.69. The fraction of sp³-hybridized carbons (Fsp3) is 0.500. The summed E-state index contributed by atoms with van der Waals surface area (Å²) in [5.41, 5.74) is 6.69.